The first-order valence-electron chi connectivity index (χ1n) is 3.42. The van der Waals surface area contributed by atoms with Gasteiger partial charge in [0.2, 0.25) is 6.17 Å². The van der Waals surface area contributed by atoms with E-state index in [2.05, 4.69) is 10.3 Å². The molecule has 1 rings (SSSR count). The minimum Gasteiger partial charge on any atom is -0.479 e. The quantitative estimate of drug-likeness (QED) is 0.718. The molecule has 12 heavy (non-hydrogen) atoms. The second-order valence-electron chi connectivity index (χ2n) is 2.18. The molecule has 0 fully saturated rings. The molecular formula is C6H8FN3O2. The van der Waals surface area contributed by atoms with Crippen LogP contribution >= 0.6 is 0 Å². The number of carboxylic acid groups (broad SMARTS) is 1. The highest BCUT2D eigenvalue weighted by Crippen LogP contribution is 2.15. The van der Waals surface area contributed by atoms with Crippen molar-refractivity contribution in [1.82, 2.24) is 15.0 Å². The third kappa shape index (κ3) is 1.41. The molecule has 0 radical (unpaired) electrons. The van der Waals surface area contributed by atoms with Gasteiger partial charge in [-0.25, -0.2) is 13.9 Å². The Kier molecular flexibility index (Phi) is 2.37. The first-order valence-corrected chi connectivity index (χ1v) is 3.42. The molecule has 0 aromatic carbocycles. The zero-order chi connectivity index (χ0) is 9.14. The van der Waals surface area contributed by atoms with E-state index in [0.29, 0.717) is 6.54 Å². The maximum Gasteiger partial charge on any atom is 0.344 e. The zero-order valence-electron chi connectivity index (χ0n) is 6.44. The van der Waals surface area contributed by atoms with Crippen LogP contribution in [0.1, 0.15) is 18.8 Å². The molecule has 0 aliphatic carbocycles. The summed E-state index contributed by atoms with van der Waals surface area (Å²) in [5.74, 6) is -1.52. The maximum atomic E-state index is 12.8. The van der Waals surface area contributed by atoms with Crippen LogP contribution in [0.5, 0.6) is 0 Å². The Hall–Kier alpha value is -1.46. The normalized spacial score (nSPS) is 12.8. The van der Waals surface area contributed by atoms with Crippen molar-refractivity contribution >= 4 is 5.97 Å². The van der Waals surface area contributed by atoms with E-state index in [0.717, 1.165) is 6.20 Å². The Labute approximate surface area is 67.8 Å². The number of hydrogen-bond donors (Lipinski definition) is 1. The summed E-state index contributed by atoms with van der Waals surface area (Å²) in [5, 5.41) is 15.2. The molecule has 0 bridgehead atoms. The molecule has 1 unspecified atom stereocenters. The summed E-state index contributed by atoms with van der Waals surface area (Å²) >= 11 is 0. The van der Waals surface area contributed by atoms with Gasteiger partial charge >= 0.3 is 5.97 Å². The summed E-state index contributed by atoms with van der Waals surface area (Å²) in [5.41, 5.74) is -0.0231. The van der Waals surface area contributed by atoms with E-state index in [1.54, 1.807) is 6.92 Å². The van der Waals surface area contributed by atoms with Gasteiger partial charge in [-0.3, -0.25) is 0 Å². The van der Waals surface area contributed by atoms with Crippen LogP contribution in [0.2, 0.25) is 0 Å². The fraction of sp³-hybridized carbons (Fsp3) is 0.500. The van der Waals surface area contributed by atoms with Gasteiger partial charge in [-0.15, -0.1) is 5.10 Å². The lowest BCUT2D eigenvalue weighted by Crippen LogP contribution is -2.12. The largest absolute Gasteiger partial charge is 0.479 e. The first-order chi connectivity index (χ1) is 5.66. The Morgan fingerprint density at radius 2 is 2.58 bits per heavy atom. The monoisotopic (exact) mass is 173 g/mol. The molecule has 1 aromatic heterocycles. The SMILES string of the molecule is CCn1nncc1C(F)C(=O)O. The lowest BCUT2D eigenvalue weighted by Gasteiger charge is -2.03. The molecule has 5 nitrogen and oxygen atoms in total. The maximum absolute atomic E-state index is 12.8. The molecule has 0 aliphatic heterocycles. The minimum atomic E-state index is -2.04. The van der Waals surface area contributed by atoms with Gasteiger partial charge in [0.1, 0.15) is 5.69 Å². The van der Waals surface area contributed by atoms with Crippen molar-refractivity contribution in [2.45, 2.75) is 19.6 Å². The van der Waals surface area contributed by atoms with Crippen LogP contribution in [0.15, 0.2) is 6.20 Å². The van der Waals surface area contributed by atoms with Crippen LogP contribution in [-0.4, -0.2) is 26.1 Å². The summed E-state index contributed by atoms with van der Waals surface area (Å²) in [6.07, 6.45) is -0.928. The van der Waals surface area contributed by atoms with Crippen molar-refractivity contribution in [1.29, 1.82) is 0 Å². The summed E-state index contributed by atoms with van der Waals surface area (Å²) in [4.78, 5) is 10.2. The van der Waals surface area contributed by atoms with Crippen molar-refractivity contribution in [2.24, 2.45) is 0 Å². The Morgan fingerprint density at radius 1 is 1.92 bits per heavy atom. The molecule has 0 saturated carbocycles. The van der Waals surface area contributed by atoms with E-state index in [-0.39, 0.29) is 5.69 Å². The van der Waals surface area contributed by atoms with Crippen LogP contribution in [0.3, 0.4) is 0 Å². The Morgan fingerprint density at radius 3 is 3.08 bits per heavy atom. The van der Waals surface area contributed by atoms with E-state index >= 15 is 0 Å². The average molecular weight is 173 g/mol. The Bertz CT molecular complexity index is 286. The highest BCUT2D eigenvalue weighted by molar-refractivity contribution is 5.73. The lowest BCUT2D eigenvalue weighted by molar-refractivity contribution is -0.143. The molecular weight excluding hydrogens is 165 g/mol. The van der Waals surface area contributed by atoms with Crippen LogP contribution in [-0.2, 0) is 11.3 Å². The third-order valence-corrected chi connectivity index (χ3v) is 1.42. The number of carbonyl (C=O) groups is 1. The lowest BCUT2D eigenvalue weighted by atomic mass is 10.3. The number of rotatable bonds is 3. The molecule has 0 aliphatic rings. The van der Waals surface area contributed by atoms with Crippen molar-refractivity contribution in [2.75, 3.05) is 0 Å². The van der Waals surface area contributed by atoms with Crippen LogP contribution in [0, 0.1) is 0 Å². The highest BCUT2D eigenvalue weighted by atomic mass is 19.1. The van der Waals surface area contributed by atoms with Crippen molar-refractivity contribution in [3.63, 3.8) is 0 Å². The van der Waals surface area contributed by atoms with Gasteiger partial charge in [-0.1, -0.05) is 5.21 Å². The third-order valence-electron chi connectivity index (χ3n) is 1.42. The van der Waals surface area contributed by atoms with Gasteiger partial charge in [0.15, 0.2) is 0 Å². The predicted molar refractivity (Wildman–Crippen MR) is 37.2 cm³/mol. The van der Waals surface area contributed by atoms with E-state index in [1.165, 1.54) is 4.68 Å². The van der Waals surface area contributed by atoms with Gasteiger partial charge in [0.05, 0.1) is 6.20 Å². The molecule has 1 heterocycles. The molecule has 1 atom stereocenters. The molecule has 6 heteroatoms. The van der Waals surface area contributed by atoms with E-state index < -0.39 is 12.1 Å². The van der Waals surface area contributed by atoms with E-state index in [1.807, 2.05) is 0 Å². The molecule has 0 spiro atoms. The summed E-state index contributed by atoms with van der Waals surface area (Å²) in [6, 6.07) is 0. The van der Waals surface area contributed by atoms with Crippen LogP contribution < -0.4 is 0 Å². The number of carboxylic acids is 1. The fourth-order valence-corrected chi connectivity index (χ4v) is 0.834. The number of halogens is 1. The minimum absolute atomic E-state index is 0.0231. The Balaban J connectivity index is 2.93. The average Bonchev–Trinajstić information content (AvgIpc) is 2.49. The van der Waals surface area contributed by atoms with Gasteiger partial charge < -0.3 is 5.11 Å². The van der Waals surface area contributed by atoms with Crippen molar-refractivity contribution < 1.29 is 14.3 Å². The zero-order valence-corrected chi connectivity index (χ0v) is 6.44. The van der Waals surface area contributed by atoms with Gasteiger partial charge in [-0.2, -0.15) is 0 Å². The number of hydrogen-bond acceptors (Lipinski definition) is 3. The van der Waals surface area contributed by atoms with Crippen molar-refractivity contribution in [3.05, 3.63) is 11.9 Å². The van der Waals surface area contributed by atoms with E-state index in [9.17, 15) is 9.18 Å². The van der Waals surface area contributed by atoms with E-state index in [4.69, 9.17) is 5.11 Å². The summed E-state index contributed by atoms with van der Waals surface area (Å²) in [6.45, 7) is 2.13. The smallest absolute Gasteiger partial charge is 0.344 e. The predicted octanol–water partition coefficient (Wildman–Crippen LogP) is 0.393. The van der Waals surface area contributed by atoms with Crippen LogP contribution in [0.4, 0.5) is 4.39 Å². The number of aryl methyl sites for hydroxylation is 1. The molecule has 1 aromatic rings. The molecule has 66 valence electrons. The molecule has 0 saturated heterocycles. The number of aliphatic carboxylic acids is 1. The second kappa shape index (κ2) is 3.29. The number of alkyl halides is 1. The number of aromatic nitrogens is 3. The topological polar surface area (TPSA) is 68.0 Å². The summed E-state index contributed by atoms with van der Waals surface area (Å²) in [7, 11) is 0. The van der Waals surface area contributed by atoms with Gasteiger partial charge in [0.25, 0.3) is 0 Å². The fourth-order valence-electron chi connectivity index (χ4n) is 0.834. The van der Waals surface area contributed by atoms with Gasteiger partial charge in [0, 0.05) is 6.54 Å². The van der Waals surface area contributed by atoms with Crippen molar-refractivity contribution in [3.8, 4) is 0 Å². The second-order valence-corrected chi connectivity index (χ2v) is 2.18. The van der Waals surface area contributed by atoms with Crippen LogP contribution in [0.25, 0.3) is 0 Å². The molecule has 1 N–H and O–H groups in total. The standard InChI is InChI=1S/C6H8FN3O2/c1-2-10-4(3-8-9-10)5(7)6(11)12/h3,5H,2H2,1H3,(H,11,12). The highest BCUT2D eigenvalue weighted by Gasteiger charge is 2.22. The molecule has 0 amide bonds. The first kappa shape index (κ1) is 8.63. The number of nitrogens with zero attached hydrogens (tertiary/aromatic N) is 3. The van der Waals surface area contributed by atoms with Gasteiger partial charge in [-0.05, 0) is 6.92 Å². The summed E-state index contributed by atoms with van der Waals surface area (Å²) < 4.78 is 14.0.